The Labute approximate surface area is 237 Å². The molecule has 2 nitrogen and oxygen atoms in total. The normalized spacial score (nSPS) is 13.1. The zero-order chi connectivity index (χ0) is 23.7. The number of halogens is 8. The number of rotatable bonds is 8. The molecule has 0 atom stereocenters. The molecule has 0 saturated heterocycles. The molecular formula is C16H40Br8Cu2N2. The van der Waals surface area contributed by atoms with Gasteiger partial charge in [-0.3, -0.25) is 0 Å². The Morgan fingerprint density at radius 3 is 0.429 bits per heavy atom. The molecule has 12 heteroatoms. The summed E-state index contributed by atoms with van der Waals surface area (Å²) >= 11 is 25.6. The third-order valence-electron chi connectivity index (χ3n) is 5.37. The molecule has 0 spiro atoms. The molecular weight excluding hydrogens is 987 g/mol. The van der Waals surface area contributed by atoms with E-state index in [1.54, 1.807) is 0 Å². The van der Waals surface area contributed by atoms with Crippen LogP contribution in [0.25, 0.3) is 0 Å². The summed E-state index contributed by atoms with van der Waals surface area (Å²) in [6.07, 6.45) is 0. The first-order valence-corrected chi connectivity index (χ1v) is 27.7. The standard InChI is InChI=1S/2C8H20N.8BrH.2Cu/c2*1-5-9(6-2,7-3)8-4;;;;;;;;;;/h2*5-8H2,1-4H3;8*1H;;/q2*+1;;;;;;;;;2*+3/p-8. The molecule has 0 saturated carbocycles. The van der Waals surface area contributed by atoms with E-state index in [1.165, 1.54) is 61.3 Å². The van der Waals surface area contributed by atoms with Crippen molar-refractivity contribution >= 4 is 113 Å². The van der Waals surface area contributed by atoms with Gasteiger partial charge < -0.3 is 8.97 Å². The van der Waals surface area contributed by atoms with Crippen LogP contribution in [0.1, 0.15) is 55.4 Å². The van der Waals surface area contributed by atoms with Crippen LogP contribution < -0.4 is 0 Å². The van der Waals surface area contributed by atoms with Gasteiger partial charge in [-0.2, -0.15) is 0 Å². The summed E-state index contributed by atoms with van der Waals surface area (Å²) < 4.78 is 2.56. The van der Waals surface area contributed by atoms with Gasteiger partial charge in [0.1, 0.15) is 0 Å². The summed E-state index contributed by atoms with van der Waals surface area (Å²) in [6.45, 7) is 28.4. The molecule has 192 valence electrons. The summed E-state index contributed by atoms with van der Waals surface area (Å²) in [5.41, 5.74) is -1.75. The SMILES string of the molecule is CC[N+](CC)(CC)CC.CC[N+](CC)(CC)CC.[Br][Cu-]([Br])([Br])[Br].[Br][Cu-]([Br])([Br])[Br]. The molecule has 0 aromatic heterocycles. The maximum atomic E-state index is 3.20. The zero-order valence-electron chi connectivity index (χ0n) is 18.2. The van der Waals surface area contributed by atoms with Crippen molar-refractivity contribution in [3.8, 4) is 0 Å². The first kappa shape index (κ1) is 40.0. The number of quaternary nitrogens is 2. The first-order chi connectivity index (χ1) is 12.5. The number of nitrogens with zero attached hydrogens (tertiary/aromatic N) is 2. The van der Waals surface area contributed by atoms with Gasteiger partial charge in [-0.1, -0.05) is 0 Å². The Morgan fingerprint density at radius 1 is 0.357 bits per heavy atom. The van der Waals surface area contributed by atoms with Gasteiger partial charge in [0.15, 0.2) is 0 Å². The van der Waals surface area contributed by atoms with Crippen molar-refractivity contribution in [3.63, 3.8) is 0 Å². The van der Waals surface area contributed by atoms with Gasteiger partial charge >= 0.3 is 124 Å². The third-order valence-corrected chi connectivity index (χ3v) is 5.37. The van der Waals surface area contributed by atoms with Gasteiger partial charge in [-0.25, -0.2) is 0 Å². The van der Waals surface area contributed by atoms with Crippen LogP contribution in [0.3, 0.4) is 0 Å². The van der Waals surface area contributed by atoms with Gasteiger partial charge in [0.2, 0.25) is 0 Å². The van der Waals surface area contributed by atoms with Crippen molar-refractivity contribution in [3.05, 3.63) is 0 Å². The van der Waals surface area contributed by atoms with Crippen molar-refractivity contribution in [2.45, 2.75) is 55.4 Å². The molecule has 0 aliphatic carbocycles. The topological polar surface area (TPSA) is 0 Å². The fraction of sp³-hybridized carbons (Fsp3) is 1.00. The van der Waals surface area contributed by atoms with Gasteiger partial charge in [0.05, 0.1) is 52.4 Å². The van der Waals surface area contributed by atoms with Crippen molar-refractivity contribution < 1.29 is 20.2 Å². The molecule has 0 unspecified atom stereocenters. The number of hydrogen-bond acceptors (Lipinski definition) is 0. The molecule has 0 fully saturated rings. The Hall–Kier alpha value is 4.80. The van der Waals surface area contributed by atoms with Crippen LogP contribution in [-0.2, 0) is 11.2 Å². The summed E-state index contributed by atoms with van der Waals surface area (Å²) in [5.74, 6) is 0. The van der Waals surface area contributed by atoms with E-state index in [-0.39, 0.29) is 0 Å². The Morgan fingerprint density at radius 2 is 0.429 bits per heavy atom. The first-order valence-electron chi connectivity index (χ1n) is 9.10. The molecule has 0 aromatic carbocycles. The molecule has 0 radical (unpaired) electrons. The minimum absolute atomic E-state index is 0.875. The Kier molecular flexibility index (Phi) is 31.8. The third kappa shape index (κ3) is 33.0. The van der Waals surface area contributed by atoms with Crippen LogP contribution in [0.4, 0.5) is 0 Å². The van der Waals surface area contributed by atoms with E-state index < -0.39 is 11.2 Å². The van der Waals surface area contributed by atoms with Crippen molar-refractivity contribution in [1.29, 1.82) is 0 Å². The maximum absolute atomic E-state index is 3.20. The van der Waals surface area contributed by atoms with E-state index in [4.69, 9.17) is 0 Å². The van der Waals surface area contributed by atoms with E-state index in [0.29, 0.717) is 0 Å². The van der Waals surface area contributed by atoms with E-state index in [0.717, 1.165) is 0 Å². The average Bonchev–Trinajstić information content (AvgIpc) is 2.58. The average molecular weight is 1030 g/mol. The second-order valence-electron chi connectivity index (χ2n) is 5.73. The predicted molar refractivity (Wildman–Crippen MR) is 156 cm³/mol. The van der Waals surface area contributed by atoms with Crippen LogP contribution in [0.5, 0.6) is 0 Å². The molecule has 0 aromatic rings. The molecule has 0 N–H and O–H groups in total. The molecule has 0 heterocycles. The fourth-order valence-electron chi connectivity index (χ4n) is 2.68. The van der Waals surface area contributed by atoms with Gasteiger partial charge in [0.25, 0.3) is 0 Å². The van der Waals surface area contributed by atoms with Crippen LogP contribution in [-0.4, -0.2) is 61.3 Å². The van der Waals surface area contributed by atoms with Crippen LogP contribution in [0.2, 0.25) is 0 Å². The van der Waals surface area contributed by atoms with E-state index in [1.807, 2.05) is 0 Å². The second-order valence-corrected chi connectivity index (χ2v) is 62.8. The van der Waals surface area contributed by atoms with Crippen molar-refractivity contribution in [1.82, 2.24) is 0 Å². The molecule has 0 bridgehead atoms. The van der Waals surface area contributed by atoms with Gasteiger partial charge in [-0.05, 0) is 55.4 Å². The second kappa shape index (κ2) is 22.3. The molecule has 0 aliphatic heterocycles. The quantitative estimate of drug-likeness (QED) is 0.168. The van der Waals surface area contributed by atoms with E-state index in [2.05, 4.69) is 168 Å². The molecule has 0 rings (SSSR count). The van der Waals surface area contributed by atoms with Gasteiger partial charge in [-0.15, -0.1) is 0 Å². The number of hydrogen-bond donors (Lipinski definition) is 0. The van der Waals surface area contributed by atoms with Crippen molar-refractivity contribution in [2.75, 3.05) is 52.4 Å². The minimum atomic E-state index is -0.875. The van der Waals surface area contributed by atoms with Crippen LogP contribution >= 0.6 is 113 Å². The van der Waals surface area contributed by atoms with Crippen LogP contribution in [0.15, 0.2) is 0 Å². The summed E-state index contributed by atoms with van der Waals surface area (Å²) in [5, 5.41) is 0. The fourth-order valence-corrected chi connectivity index (χ4v) is 2.68. The molecule has 0 aliphatic rings. The molecule has 28 heavy (non-hydrogen) atoms. The Bertz CT molecular complexity index is 253. The Balaban J connectivity index is -0.000000143. The summed E-state index contributed by atoms with van der Waals surface area (Å²) in [6, 6.07) is 0. The summed E-state index contributed by atoms with van der Waals surface area (Å²) in [7, 11) is 0. The van der Waals surface area contributed by atoms with E-state index in [9.17, 15) is 0 Å². The van der Waals surface area contributed by atoms with E-state index >= 15 is 0 Å². The molecule has 0 amide bonds. The van der Waals surface area contributed by atoms with Gasteiger partial charge in [0, 0.05) is 0 Å². The van der Waals surface area contributed by atoms with Crippen LogP contribution in [0, 0.1) is 0 Å². The zero-order valence-corrected chi connectivity index (χ0v) is 32.7. The predicted octanol–water partition coefficient (Wildman–Crippen LogP) is 10.5. The summed E-state index contributed by atoms with van der Waals surface area (Å²) in [4.78, 5) is 0. The monoisotopic (exact) mass is 1020 g/mol. The van der Waals surface area contributed by atoms with Crippen molar-refractivity contribution in [2.24, 2.45) is 0 Å².